The molecule has 6 heteroatoms. The normalized spacial score (nSPS) is 14.5. The molecule has 2 N–H and O–H groups in total. The van der Waals surface area contributed by atoms with Crippen molar-refractivity contribution in [3.8, 4) is 0 Å². The van der Waals surface area contributed by atoms with Crippen LogP contribution in [0, 0.1) is 0 Å². The highest BCUT2D eigenvalue weighted by atomic mass is 35.5. The smallest absolute Gasteiger partial charge is 0.271 e. The van der Waals surface area contributed by atoms with Gasteiger partial charge < -0.3 is 10.6 Å². The number of nitrogens with zero attached hydrogens (tertiary/aromatic N) is 2. The number of hydrogen-bond donors (Lipinski definition) is 2. The third kappa shape index (κ3) is 4.68. The second kappa shape index (κ2) is 8.11. The van der Waals surface area contributed by atoms with Gasteiger partial charge in [0.15, 0.2) is 0 Å². The summed E-state index contributed by atoms with van der Waals surface area (Å²) in [5.41, 5.74) is 1.46. The van der Waals surface area contributed by atoms with Gasteiger partial charge in [0.2, 0.25) is 0 Å². The molecule has 5 nitrogen and oxygen atoms in total. The lowest BCUT2D eigenvalue weighted by molar-refractivity contribution is 0.0949. The molecule has 1 fully saturated rings. The monoisotopic (exact) mass is 344 g/mol. The standard InChI is InChI=1S/C18H21ClN4O/c19-14-7-5-13(6-8-14)9-10-20-18(24)16-11-22-17(12-21-16)23-15-3-1-2-4-15/h5-8,11-12,15H,1-4,9-10H2,(H,20,24)(H,22,23). The van der Waals surface area contributed by atoms with Crippen LogP contribution in [0.15, 0.2) is 36.7 Å². The Morgan fingerprint density at radius 2 is 1.88 bits per heavy atom. The van der Waals surface area contributed by atoms with Crippen LogP contribution in [0.1, 0.15) is 41.7 Å². The molecule has 1 aromatic heterocycles. The molecule has 1 aliphatic rings. The molecule has 1 amide bonds. The first-order valence-electron chi connectivity index (χ1n) is 8.32. The van der Waals surface area contributed by atoms with Gasteiger partial charge in [-0.15, -0.1) is 0 Å². The first kappa shape index (κ1) is 16.7. The Hall–Kier alpha value is -2.14. The molecule has 1 heterocycles. The molecular weight excluding hydrogens is 324 g/mol. The minimum absolute atomic E-state index is 0.205. The van der Waals surface area contributed by atoms with Crippen LogP contribution in [-0.4, -0.2) is 28.5 Å². The van der Waals surface area contributed by atoms with Gasteiger partial charge in [-0.25, -0.2) is 9.97 Å². The lowest BCUT2D eigenvalue weighted by atomic mass is 10.1. The van der Waals surface area contributed by atoms with Crippen LogP contribution in [0.3, 0.4) is 0 Å². The van der Waals surface area contributed by atoms with Gasteiger partial charge in [0.1, 0.15) is 11.5 Å². The number of aromatic nitrogens is 2. The van der Waals surface area contributed by atoms with Crippen molar-refractivity contribution in [3.05, 3.63) is 52.9 Å². The predicted octanol–water partition coefficient (Wildman–Crippen LogP) is 3.46. The fraction of sp³-hybridized carbons (Fsp3) is 0.389. The summed E-state index contributed by atoms with van der Waals surface area (Å²) in [4.78, 5) is 20.6. The van der Waals surface area contributed by atoms with E-state index >= 15 is 0 Å². The molecule has 3 rings (SSSR count). The number of anilines is 1. The largest absolute Gasteiger partial charge is 0.366 e. The maximum Gasteiger partial charge on any atom is 0.271 e. The number of benzene rings is 1. The van der Waals surface area contributed by atoms with E-state index in [1.54, 1.807) is 6.20 Å². The number of nitrogens with one attached hydrogen (secondary N) is 2. The maximum absolute atomic E-state index is 12.1. The molecular formula is C18H21ClN4O. The molecule has 0 saturated heterocycles. The van der Waals surface area contributed by atoms with Crippen molar-refractivity contribution in [2.24, 2.45) is 0 Å². The summed E-state index contributed by atoms with van der Waals surface area (Å²) >= 11 is 5.85. The first-order valence-corrected chi connectivity index (χ1v) is 8.70. The maximum atomic E-state index is 12.1. The Morgan fingerprint density at radius 1 is 1.12 bits per heavy atom. The second-order valence-corrected chi connectivity index (χ2v) is 6.48. The van der Waals surface area contributed by atoms with Crippen LogP contribution in [0.25, 0.3) is 0 Å². The van der Waals surface area contributed by atoms with Crippen molar-refractivity contribution in [3.63, 3.8) is 0 Å². The van der Waals surface area contributed by atoms with Gasteiger partial charge in [-0.1, -0.05) is 36.6 Å². The summed E-state index contributed by atoms with van der Waals surface area (Å²) in [5, 5.41) is 6.93. The third-order valence-electron chi connectivity index (χ3n) is 4.20. The Bertz CT molecular complexity index is 666. The Labute approximate surface area is 146 Å². The number of carbonyl (C=O) groups excluding carboxylic acids is 1. The lowest BCUT2D eigenvalue weighted by Crippen LogP contribution is -2.27. The predicted molar refractivity (Wildman–Crippen MR) is 95.4 cm³/mol. The van der Waals surface area contributed by atoms with E-state index in [1.807, 2.05) is 24.3 Å². The minimum atomic E-state index is -0.205. The van der Waals surface area contributed by atoms with Crippen LogP contribution in [0.4, 0.5) is 5.82 Å². The fourth-order valence-electron chi connectivity index (χ4n) is 2.86. The highest BCUT2D eigenvalue weighted by Gasteiger charge is 2.15. The van der Waals surface area contributed by atoms with Crippen molar-refractivity contribution in [2.45, 2.75) is 38.1 Å². The van der Waals surface area contributed by atoms with Gasteiger partial charge in [0.05, 0.1) is 12.4 Å². The number of amides is 1. The van der Waals surface area contributed by atoms with Crippen LogP contribution < -0.4 is 10.6 Å². The highest BCUT2D eigenvalue weighted by Crippen LogP contribution is 2.20. The fourth-order valence-corrected chi connectivity index (χ4v) is 2.99. The van der Waals surface area contributed by atoms with Crippen molar-refractivity contribution in [1.82, 2.24) is 15.3 Å². The average Bonchev–Trinajstić information content (AvgIpc) is 3.10. The van der Waals surface area contributed by atoms with Crippen LogP contribution in [-0.2, 0) is 6.42 Å². The second-order valence-electron chi connectivity index (χ2n) is 6.04. The van der Waals surface area contributed by atoms with E-state index in [0.29, 0.717) is 23.3 Å². The number of hydrogen-bond acceptors (Lipinski definition) is 4. The average molecular weight is 345 g/mol. The zero-order valence-corrected chi connectivity index (χ0v) is 14.2. The molecule has 1 aliphatic carbocycles. The third-order valence-corrected chi connectivity index (χ3v) is 4.46. The Morgan fingerprint density at radius 3 is 2.54 bits per heavy atom. The zero-order valence-electron chi connectivity index (χ0n) is 13.5. The summed E-state index contributed by atoms with van der Waals surface area (Å²) in [6, 6.07) is 8.09. The van der Waals surface area contributed by atoms with E-state index < -0.39 is 0 Å². The molecule has 0 radical (unpaired) electrons. The lowest BCUT2D eigenvalue weighted by Gasteiger charge is -2.12. The molecule has 126 valence electrons. The van der Waals surface area contributed by atoms with E-state index in [4.69, 9.17) is 11.6 Å². The quantitative estimate of drug-likeness (QED) is 0.842. The Kier molecular flexibility index (Phi) is 5.64. The van der Waals surface area contributed by atoms with Crippen LogP contribution in [0.2, 0.25) is 5.02 Å². The zero-order chi connectivity index (χ0) is 16.8. The summed E-state index contributed by atoms with van der Waals surface area (Å²) in [6.07, 6.45) is 8.78. The summed E-state index contributed by atoms with van der Waals surface area (Å²) in [5.74, 6) is 0.531. The molecule has 0 aliphatic heterocycles. The van der Waals surface area contributed by atoms with Crippen LogP contribution in [0.5, 0.6) is 0 Å². The van der Waals surface area contributed by atoms with Gasteiger partial charge in [0, 0.05) is 17.6 Å². The van der Waals surface area contributed by atoms with E-state index in [2.05, 4.69) is 20.6 Å². The minimum Gasteiger partial charge on any atom is -0.366 e. The van der Waals surface area contributed by atoms with Crippen molar-refractivity contribution in [2.75, 3.05) is 11.9 Å². The van der Waals surface area contributed by atoms with Gasteiger partial charge in [-0.2, -0.15) is 0 Å². The summed E-state index contributed by atoms with van der Waals surface area (Å²) in [7, 11) is 0. The SMILES string of the molecule is O=C(NCCc1ccc(Cl)cc1)c1cnc(NC2CCCC2)cn1. The molecule has 0 bridgehead atoms. The first-order chi connectivity index (χ1) is 11.7. The van der Waals surface area contributed by atoms with E-state index in [9.17, 15) is 4.79 Å². The molecule has 2 aromatic rings. The summed E-state index contributed by atoms with van der Waals surface area (Å²) in [6.45, 7) is 0.546. The Balaban J connectivity index is 1.46. The van der Waals surface area contributed by atoms with E-state index in [0.717, 1.165) is 17.8 Å². The van der Waals surface area contributed by atoms with Gasteiger partial charge >= 0.3 is 0 Å². The number of halogens is 1. The molecule has 24 heavy (non-hydrogen) atoms. The van der Waals surface area contributed by atoms with Gasteiger partial charge in [-0.05, 0) is 37.0 Å². The van der Waals surface area contributed by atoms with Gasteiger partial charge in [-0.3, -0.25) is 4.79 Å². The molecule has 0 spiro atoms. The van der Waals surface area contributed by atoms with Crippen molar-refractivity contribution < 1.29 is 4.79 Å². The molecule has 1 aromatic carbocycles. The molecule has 0 atom stereocenters. The van der Waals surface area contributed by atoms with Crippen molar-refractivity contribution in [1.29, 1.82) is 0 Å². The molecule has 1 saturated carbocycles. The molecule has 0 unspecified atom stereocenters. The number of carbonyl (C=O) groups is 1. The van der Waals surface area contributed by atoms with Gasteiger partial charge in [0.25, 0.3) is 5.91 Å². The van der Waals surface area contributed by atoms with Crippen molar-refractivity contribution >= 4 is 23.3 Å². The highest BCUT2D eigenvalue weighted by molar-refractivity contribution is 6.30. The number of rotatable bonds is 6. The summed E-state index contributed by atoms with van der Waals surface area (Å²) < 4.78 is 0. The van der Waals surface area contributed by atoms with E-state index in [-0.39, 0.29) is 5.91 Å². The topological polar surface area (TPSA) is 66.9 Å². The van der Waals surface area contributed by atoms with Crippen LogP contribution >= 0.6 is 11.6 Å². The van der Waals surface area contributed by atoms with E-state index in [1.165, 1.54) is 31.9 Å².